The van der Waals surface area contributed by atoms with Gasteiger partial charge in [0.05, 0.1) is 18.8 Å². The molecule has 0 spiro atoms. The van der Waals surface area contributed by atoms with Gasteiger partial charge in [0.2, 0.25) is 0 Å². The number of Topliss-reactive ketones (excluding diaryl/α,β-unsaturated/α-hetero) is 1. The van der Waals surface area contributed by atoms with Crippen LogP contribution in [0.4, 0.5) is 0 Å². The fourth-order valence-electron chi connectivity index (χ4n) is 4.29. The van der Waals surface area contributed by atoms with Crippen molar-refractivity contribution >= 4 is 11.8 Å². The summed E-state index contributed by atoms with van der Waals surface area (Å²) >= 11 is 0. The third-order valence-corrected chi connectivity index (χ3v) is 6.00. The second-order valence-corrected chi connectivity index (χ2v) is 8.40. The lowest BCUT2D eigenvalue weighted by Crippen LogP contribution is -2.11. The average molecular weight is 425 g/mol. The van der Waals surface area contributed by atoms with Crippen LogP contribution in [0.1, 0.15) is 76.8 Å². The van der Waals surface area contributed by atoms with Crippen LogP contribution >= 0.6 is 0 Å². The van der Waals surface area contributed by atoms with E-state index < -0.39 is 5.97 Å². The molecule has 1 saturated carbocycles. The fraction of sp³-hybridized carbons (Fsp3) is 0.462. The van der Waals surface area contributed by atoms with Crippen molar-refractivity contribution in [2.75, 3.05) is 13.2 Å². The molecular weight excluding hydrogens is 392 g/mol. The van der Waals surface area contributed by atoms with Gasteiger partial charge in [-0.1, -0.05) is 37.8 Å². The lowest BCUT2D eigenvalue weighted by Gasteiger charge is -2.16. The van der Waals surface area contributed by atoms with Crippen LogP contribution in [0.3, 0.4) is 0 Å². The van der Waals surface area contributed by atoms with Gasteiger partial charge < -0.3 is 14.6 Å². The zero-order chi connectivity index (χ0) is 22.2. The summed E-state index contributed by atoms with van der Waals surface area (Å²) in [6, 6.07) is 10.4. The Kier molecular flexibility index (Phi) is 8.10. The molecule has 1 aliphatic rings. The average Bonchev–Trinajstić information content (AvgIpc) is 3.25. The molecule has 0 heterocycles. The summed E-state index contributed by atoms with van der Waals surface area (Å²) in [5.41, 5.74) is 2.99. The van der Waals surface area contributed by atoms with E-state index in [2.05, 4.69) is 0 Å². The maximum Gasteiger partial charge on any atom is 0.335 e. The van der Waals surface area contributed by atoms with E-state index in [4.69, 9.17) is 14.6 Å². The minimum Gasteiger partial charge on any atom is -0.494 e. The minimum atomic E-state index is -0.964. The predicted octanol–water partition coefficient (Wildman–Crippen LogP) is 6.00. The first-order valence-corrected chi connectivity index (χ1v) is 11.2. The van der Waals surface area contributed by atoms with Crippen molar-refractivity contribution in [2.24, 2.45) is 5.92 Å². The van der Waals surface area contributed by atoms with E-state index in [1.807, 2.05) is 26.0 Å². The number of aryl methyl sites for hydroxylation is 1. The molecule has 1 N–H and O–H groups in total. The van der Waals surface area contributed by atoms with E-state index in [0.717, 1.165) is 35.3 Å². The number of unbranched alkanes of at least 4 members (excludes halogenated alkanes) is 1. The summed E-state index contributed by atoms with van der Waals surface area (Å²) in [7, 11) is 0. The van der Waals surface area contributed by atoms with Crippen LogP contribution < -0.4 is 9.47 Å². The highest BCUT2D eigenvalue weighted by atomic mass is 16.5. The number of ether oxygens (including phenoxy) is 2. The van der Waals surface area contributed by atoms with Gasteiger partial charge >= 0.3 is 5.97 Å². The number of carbonyl (C=O) groups is 2. The van der Waals surface area contributed by atoms with E-state index in [0.29, 0.717) is 31.3 Å². The van der Waals surface area contributed by atoms with Gasteiger partial charge in [0, 0.05) is 17.5 Å². The topological polar surface area (TPSA) is 72.8 Å². The Hall–Kier alpha value is -2.82. The minimum absolute atomic E-state index is 0.217. The summed E-state index contributed by atoms with van der Waals surface area (Å²) in [6.45, 7) is 5.00. The van der Waals surface area contributed by atoms with Crippen molar-refractivity contribution in [1.29, 1.82) is 0 Å². The predicted molar refractivity (Wildman–Crippen MR) is 120 cm³/mol. The third-order valence-electron chi connectivity index (χ3n) is 6.00. The van der Waals surface area contributed by atoms with Gasteiger partial charge in [-0.3, -0.25) is 4.79 Å². The molecule has 0 amide bonds. The van der Waals surface area contributed by atoms with Gasteiger partial charge in [-0.25, -0.2) is 4.79 Å². The van der Waals surface area contributed by atoms with E-state index in [9.17, 15) is 9.59 Å². The summed E-state index contributed by atoms with van der Waals surface area (Å²) in [4.78, 5) is 23.9. The van der Waals surface area contributed by atoms with E-state index in [1.165, 1.54) is 31.7 Å². The van der Waals surface area contributed by atoms with Gasteiger partial charge in [-0.2, -0.15) is 0 Å². The number of carbonyl (C=O) groups excluding carboxylic acids is 1. The number of hydrogen-bond donors (Lipinski definition) is 1. The Morgan fingerprint density at radius 2 is 1.71 bits per heavy atom. The van der Waals surface area contributed by atoms with Crippen molar-refractivity contribution < 1.29 is 24.2 Å². The number of benzene rings is 2. The molecule has 0 aromatic heterocycles. The fourth-order valence-corrected chi connectivity index (χ4v) is 4.29. The maximum atomic E-state index is 12.9. The number of rotatable bonds is 11. The quantitative estimate of drug-likeness (QED) is 0.354. The van der Waals surface area contributed by atoms with Gasteiger partial charge in [-0.05, 0) is 62.4 Å². The molecule has 0 atom stereocenters. The first-order chi connectivity index (χ1) is 15.0. The zero-order valence-corrected chi connectivity index (χ0v) is 18.5. The maximum absolute atomic E-state index is 12.9. The Balaban J connectivity index is 1.46. The molecule has 166 valence electrons. The number of hydrogen-bond acceptors (Lipinski definition) is 4. The van der Waals surface area contributed by atoms with Gasteiger partial charge in [0.1, 0.15) is 11.5 Å². The molecular formula is C26H32O5. The molecule has 5 nitrogen and oxygen atoms in total. The summed E-state index contributed by atoms with van der Waals surface area (Å²) < 4.78 is 11.6. The van der Waals surface area contributed by atoms with Crippen LogP contribution in [0, 0.1) is 19.8 Å². The molecule has 0 unspecified atom stereocenters. The summed E-state index contributed by atoms with van der Waals surface area (Å²) in [5, 5.41) is 9.03. The molecule has 0 aliphatic heterocycles. The highest BCUT2D eigenvalue weighted by Crippen LogP contribution is 2.32. The highest BCUT2D eigenvalue weighted by molar-refractivity contribution is 5.99. The van der Waals surface area contributed by atoms with Crippen molar-refractivity contribution in [1.82, 2.24) is 0 Å². The Bertz CT molecular complexity index is 912. The number of carboxylic acids is 1. The van der Waals surface area contributed by atoms with Crippen LogP contribution in [0.5, 0.6) is 11.5 Å². The first-order valence-electron chi connectivity index (χ1n) is 11.2. The molecule has 2 aromatic rings. The smallest absolute Gasteiger partial charge is 0.335 e. The lowest BCUT2D eigenvalue weighted by molar-refractivity contribution is 0.0696. The highest BCUT2D eigenvalue weighted by Gasteiger charge is 2.22. The molecule has 2 aromatic carbocycles. The molecule has 3 rings (SSSR count). The second-order valence-electron chi connectivity index (χ2n) is 8.40. The second kappa shape index (κ2) is 11.0. The monoisotopic (exact) mass is 424 g/mol. The molecule has 1 fully saturated rings. The number of carboxylic acid groups (broad SMARTS) is 1. The lowest BCUT2D eigenvalue weighted by atomic mass is 9.91. The van der Waals surface area contributed by atoms with Gasteiger partial charge in [-0.15, -0.1) is 0 Å². The molecule has 5 heteroatoms. The number of ketones is 1. The largest absolute Gasteiger partial charge is 0.494 e. The Morgan fingerprint density at radius 1 is 1.00 bits per heavy atom. The molecule has 0 radical (unpaired) electrons. The summed E-state index contributed by atoms with van der Waals surface area (Å²) in [5.74, 6) is 1.14. The van der Waals surface area contributed by atoms with E-state index in [1.54, 1.807) is 18.2 Å². The van der Waals surface area contributed by atoms with Crippen LogP contribution in [0.2, 0.25) is 0 Å². The normalized spacial score (nSPS) is 13.9. The van der Waals surface area contributed by atoms with Crippen LogP contribution in [0.15, 0.2) is 36.4 Å². The van der Waals surface area contributed by atoms with E-state index in [-0.39, 0.29) is 11.3 Å². The van der Waals surface area contributed by atoms with Crippen LogP contribution in [-0.4, -0.2) is 30.1 Å². The standard InChI is InChI=1S/C26H32O5/c1-18-12-13-24(19(2)25(18)23(27)16-20-8-3-4-9-20)31-15-6-5-14-30-22-11-7-10-21(17-22)26(28)29/h7,10-13,17,20H,3-6,8-9,14-16H2,1-2H3,(H,28,29). The van der Waals surface area contributed by atoms with Gasteiger partial charge in [0.15, 0.2) is 5.78 Å². The molecule has 0 saturated heterocycles. The number of aromatic carboxylic acids is 1. The van der Waals surface area contributed by atoms with Gasteiger partial charge in [0.25, 0.3) is 0 Å². The SMILES string of the molecule is Cc1ccc(OCCCCOc2cccc(C(=O)O)c2)c(C)c1C(=O)CC1CCCC1. The molecule has 0 bridgehead atoms. The van der Waals surface area contributed by atoms with Crippen LogP contribution in [0.25, 0.3) is 0 Å². The Labute approximate surface area is 184 Å². The van der Waals surface area contributed by atoms with Crippen molar-refractivity contribution in [2.45, 2.75) is 58.8 Å². The first kappa shape index (κ1) is 22.9. The van der Waals surface area contributed by atoms with Crippen molar-refractivity contribution in [3.05, 3.63) is 58.7 Å². The molecule has 1 aliphatic carbocycles. The van der Waals surface area contributed by atoms with Crippen LogP contribution in [-0.2, 0) is 0 Å². The summed E-state index contributed by atoms with van der Waals surface area (Å²) in [6.07, 6.45) is 7.06. The third kappa shape index (κ3) is 6.33. The Morgan fingerprint density at radius 3 is 2.42 bits per heavy atom. The molecule has 31 heavy (non-hydrogen) atoms. The van der Waals surface area contributed by atoms with Crippen molar-refractivity contribution in [3.63, 3.8) is 0 Å². The zero-order valence-electron chi connectivity index (χ0n) is 18.5. The van der Waals surface area contributed by atoms with E-state index >= 15 is 0 Å². The van der Waals surface area contributed by atoms with Crippen molar-refractivity contribution in [3.8, 4) is 11.5 Å².